The lowest BCUT2D eigenvalue weighted by molar-refractivity contribution is -0.385. The Morgan fingerprint density at radius 2 is 2.17 bits per heavy atom. The van der Waals surface area contributed by atoms with Crippen molar-refractivity contribution in [3.8, 4) is 5.75 Å². The van der Waals surface area contributed by atoms with Crippen LogP contribution in [0.4, 0.5) is 5.69 Å². The van der Waals surface area contributed by atoms with Crippen molar-refractivity contribution in [3.05, 3.63) is 55.8 Å². The summed E-state index contributed by atoms with van der Waals surface area (Å²) in [4.78, 5) is 11.3. The molecule has 1 heterocycles. The van der Waals surface area contributed by atoms with Crippen LogP contribution in [0.2, 0.25) is 0 Å². The van der Waals surface area contributed by atoms with Crippen LogP contribution in [0.5, 0.6) is 5.75 Å². The number of aromatic hydroxyl groups is 1. The minimum Gasteiger partial charge on any atom is -0.507 e. The predicted octanol–water partition coefficient (Wildman–Crippen LogP) is 2.72. The molecule has 0 aliphatic carbocycles. The molecule has 94 valence electrons. The molecule has 18 heavy (non-hydrogen) atoms. The van der Waals surface area contributed by atoms with Crippen LogP contribution in [0, 0.1) is 17.0 Å². The molecule has 0 unspecified atom stereocenters. The minimum atomic E-state index is -0.690. The van der Waals surface area contributed by atoms with Gasteiger partial charge in [0.15, 0.2) is 0 Å². The smallest absolute Gasteiger partial charge is 0.278 e. The highest BCUT2D eigenvalue weighted by atomic mass is 32.1. The molecular weight excluding hydrogens is 252 g/mol. The van der Waals surface area contributed by atoms with Gasteiger partial charge < -0.3 is 10.8 Å². The van der Waals surface area contributed by atoms with Crippen molar-refractivity contribution < 1.29 is 10.0 Å². The van der Waals surface area contributed by atoms with Gasteiger partial charge in [0.2, 0.25) is 0 Å². The molecule has 1 aromatic carbocycles. The van der Waals surface area contributed by atoms with Crippen LogP contribution in [0.3, 0.4) is 0 Å². The van der Waals surface area contributed by atoms with E-state index in [0.717, 1.165) is 4.88 Å². The van der Waals surface area contributed by atoms with Crippen molar-refractivity contribution in [1.82, 2.24) is 0 Å². The zero-order valence-corrected chi connectivity index (χ0v) is 10.5. The van der Waals surface area contributed by atoms with Crippen molar-refractivity contribution in [2.24, 2.45) is 5.73 Å². The highest BCUT2D eigenvalue weighted by Crippen LogP contribution is 2.38. The number of aryl methyl sites for hydroxylation is 1. The Bertz CT molecular complexity index is 581. The van der Waals surface area contributed by atoms with Crippen molar-refractivity contribution >= 4 is 17.0 Å². The highest BCUT2D eigenvalue weighted by molar-refractivity contribution is 7.10. The molecule has 0 amide bonds. The Morgan fingerprint density at radius 3 is 2.72 bits per heavy atom. The Balaban J connectivity index is 2.61. The average molecular weight is 264 g/mol. The maximum atomic E-state index is 11.0. The fraction of sp³-hybridized carbons (Fsp3) is 0.167. The van der Waals surface area contributed by atoms with E-state index in [9.17, 15) is 15.2 Å². The summed E-state index contributed by atoms with van der Waals surface area (Å²) in [5, 5.41) is 22.9. The maximum Gasteiger partial charge on any atom is 0.278 e. The summed E-state index contributed by atoms with van der Waals surface area (Å²) in [6.45, 7) is 1.68. The molecule has 0 aliphatic heterocycles. The van der Waals surface area contributed by atoms with E-state index in [4.69, 9.17) is 5.73 Å². The lowest BCUT2D eigenvalue weighted by Gasteiger charge is -2.13. The van der Waals surface area contributed by atoms with E-state index in [1.807, 2.05) is 11.4 Å². The lowest BCUT2D eigenvalue weighted by Crippen LogP contribution is -2.13. The van der Waals surface area contributed by atoms with Crippen molar-refractivity contribution in [2.45, 2.75) is 13.0 Å². The molecule has 0 saturated carbocycles. The van der Waals surface area contributed by atoms with Gasteiger partial charge in [-0.1, -0.05) is 6.07 Å². The molecule has 0 spiro atoms. The summed E-state index contributed by atoms with van der Waals surface area (Å²) < 4.78 is 0. The first-order chi connectivity index (χ1) is 8.52. The number of thiophene rings is 1. The third kappa shape index (κ3) is 2.07. The molecule has 2 aromatic rings. The van der Waals surface area contributed by atoms with Gasteiger partial charge in [0.25, 0.3) is 5.69 Å². The third-order valence-electron chi connectivity index (χ3n) is 2.75. The predicted molar refractivity (Wildman–Crippen MR) is 69.8 cm³/mol. The highest BCUT2D eigenvalue weighted by Gasteiger charge is 2.26. The van der Waals surface area contributed by atoms with Gasteiger partial charge in [-0.2, -0.15) is 0 Å². The first-order valence-electron chi connectivity index (χ1n) is 5.28. The van der Waals surface area contributed by atoms with Crippen LogP contribution < -0.4 is 5.73 Å². The molecular formula is C12H12N2O3S. The molecule has 1 atom stereocenters. The molecule has 1 aromatic heterocycles. The summed E-state index contributed by atoms with van der Waals surface area (Å²) in [5.41, 5.74) is 6.60. The summed E-state index contributed by atoms with van der Waals surface area (Å²) in [6.07, 6.45) is 0. The third-order valence-corrected chi connectivity index (χ3v) is 3.71. The molecule has 0 fully saturated rings. The number of nitro groups is 1. The number of rotatable bonds is 3. The van der Waals surface area contributed by atoms with Gasteiger partial charge in [0, 0.05) is 10.9 Å². The molecule has 5 nitrogen and oxygen atoms in total. The molecule has 0 aliphatic rings. The Kier molecular flexibility index (Phi) is 3.31. The zero-order valence-electron chi connectivity index (χ0n) is 9.66. The van der Waals surface area contributed by atoms with E-state index in [0.29, 0.717) is 5.56 Å². The van der Waals surface area contributed by atoms with E-state index < -0.39 is 11.0 Å². The summed E-state index contributed by atoms with van der Waals surface area (Å²) in [5.74, 6) is -0.106. The van der Waals surface area contributed by atoms with Gasteiger partial charge in [-0.15, -0.1) is 11.3 Å². The maximum absolute atomic E-state index is 11.0. The molecule has 0 bridgehead atoms. The number of nitro benzene ring substituents is 1. The number of nitrogens with zero attached hydrogens (tertiary/aromatic N) is 1. The van der Waals surface area contributed by atoms with Crippen molar-refractivity contribution in [2.75, 3.05) is 0 Å². The zero-order chi connectivity index (χ0) is 13.3. The lowest BCUT2D eigenvalue weighted by atomic mass is 10.00. The second-order valence-electron chi connectivity index (χ2n) is 3.91. The van der Waals surface area contributed by atoms with Crippen molar-refractivity contribution in [1.29, 1.82) is 0 Å². The fourth-order valence-corrected chi connectivity index (χ4v) is 2.52. The van der Waals surface area contributed by atoms with Gasteiger partial charge in [0.1, 0.15) is 5.75 Å². The Labute approximate surface area is 108 Å². The molecule has 6 heteroatoms. The van der Waals surface area contributed by atoms with Gasteiger partial charge in [0.05, 0.1) is 16.5 Å². The molecule has 3 N–H and O–H groups in total. The number of phenols is 1. The summed E-state index contributed by atoms with van der Waals surface area (Å²) in [6, 6.07) is 5.81. The first kappa shape index (κ1) is 12.5. The van der Waals surface area contributed by atoms with Gasteiger partial charge in [-0.25, -0.2) is 0 Å². The van der Waals surface area contributed by atoms with E-state index in [1.165, 1.54) is 23.5 Å². The summed E-state index contributed by atoms with van der Waals surface area (Å²) in [7, 11) is 0. The standard InChI is InChI=1S/C12H12N2O3S/c1-7-4-5-8(14(16)17)10(12(7)15)11(13)9-3-2-6-18-9/h2-6,11,15H,13H2,1H3/t11-/m0/s1. The van der Waals surface area contributed by atoms with E-state index in [-0.39, 0.29) is 17.0 Å². The molecule has 0 saturated heterocycles. The van der Waals surface area contributed by atoms with Crippen LogP contribution in [-0.4, -0.2) is 10.0 Å². The van der Waals surface area contributed by atoms with Crippen LogP contribution in [0.25, 0.3) is 0 Å². The van der Waals surface area contributed by atoms with Crippen LogP contribution in [0.1, 0.15) is 22.0 Å². The quantitative estimate of drug-likeness (QED) is 0.658. The summed E-state index contributed by atoms with van der Waals surface area (Å²) >= 11 is 1.40. The van der Waals surface area contributed by atoms with Crippen LogP contribution in [0.15, 0.2) is 29.6 Å². The minimum absolute atomic E-state index is 0.106. The van der Waals surface area contributed by atoms with E-state index in [2.05, 4.69) is 0 Å². The number of phenolic OH excluding ortho intramolecular Hbond substituents is 1. The Morgan fingerprint density at radius 1 is 1.44 bits per heavy atom. The first-order valence-corrected chi connectivity index (χ1v) is 6.16. The Hall–Kier alpha value is -1.92. The second-order valence-corrected chi connectivity index (χ2v) is 4.89. The van der Waals surface area contributed by atoms with E-state index in [1.54, 1.807) is 13.0 Å². The van der Waals surface area contributed by atoms with Crippen LogP contribution >= 0.6 is 11.3 Å². The van der Waals surface area contributed by atoms with Gasteiger partial charge in [-0.3, -0.25) is 10.1 Å². The number of hydrogen-bond donors (Lipinski definition) is 2. The van der Waals surface area contributed by atoms with E-state index >= 15 is 0 Å². The fourth-order valence-electron chi connectivity index (χ4n) is 1.78. The monoisotopic (exact) mass is 264 g/mol. The largest absolute Gasteiger partial charge is 0.507 e. The van der Waals surface area contributed by atoms with Crippen molar-refractivity contribution in [3.63, 3.8) is 0 Å². The van der Waals surface area contributed by atoms with Gasteiger partial charge >= 0.3 is 0 Å². The second kappa shape index (κ2) is 4.75. The number of nitrogens with two attached hydrogens (primary N) is 1. The normalized spacial score (nSPS) is 12.3. The SMILES string of the molecule is Cc1ccc([N+](=O)[O-])c([C@@H](N)c2cccs2)c1O. The molecule has 2 rings (SSSR count). The molecule has 0 radical (unpaired) electrons. The topological polar surface area (TPSA) is 89.4 Å². The number of benzene rings is 1. The van der Waals surface area contributed by atoms with Gasteiger partial charge in [-0.05, 0) is 30.0 Å². The number of hydrogen-bond acceptors (Lipinski definition) is 5. The van der Waals surface area contributed by atoms with Crippen LogP contribution in [-0.2, 0) is 0 Å². The average Bonchev–Trinajstić information content (AvgIpc) is 2.84.